The molecule has 196 valence electrons. The van der Waals surface area contributed by atoms with Crippen LogP contribution in [0.5, 0.6) is 0 Å². The molecule has 5 N–H and O–H groups in total. The summed E-state index contributed by atoms with van der Waals surface area (Å²) in [5.74, 6) is -6.22. The molecule has 0 unspecified atom stereocenters. The van der Waals surface area contributed by atoms with Crippen LogP contribution in [0.15, 0.2) is 33.8 Å². The van der Waals surface area contributed by atoms with Gasteiger partial charge in [-0.2, -0.15) is 0 Å². The van der Waals surface area contributed by atoms with Gasteiger partial charge < -0.3 is 30.4 Å². The van der Waals surface area contributed by atoms with E-state index in [2.05, 4.69) is 4.98 Å². The highest BCUT2D eigenvalue weighted by Crippen LogP contribution is 2.59. The van der Waals surface area contributed by atoms with Crippen LogP contribution in [-0.2, 0) is 19.8 Å². The molecule has 0 aliphatic heterocycles. The lowest BCUT2D eigenvalue weighted by atomic mass is 9.52. The number of fused-ring (bicyclic) bond motifs is 5. The molecular weight excluding hydrogens is 480 g/mol. The fourth-order valence-corrected chi connectivity index (χ4v) is 6.64. The van der Waals surface area contributed by atoms with Crippen LogP contribution in [0.25, 0.3) is 16.9 Å². The number of primary amides is 1. The molecule has 4 atom stereocenters. The molecule has 0 radical (unpaired) electrons. The summed E-state index contributed by atoms with van der Waals surface area (Å²) in [6, 6.07) is 0.734. The van der Waals surface area contributed by atoms with Crippen molar-refractivity contribution in [1.29, 1.82) is 0 Å². The summed E-state index contributed by atoms with van der Waals surface area (Å²) >= 11 is 0. The van der Waals surface area contributed by atoms with E-state index in [1.807, 2.05) is 38.9 Å². The minimum Gasteiger partial charge on any atom is -0.508 e. The zero-order chi connectivity index (χ0) is 27.4. The molecule has 1 heterocycles. The molecule has 1 aromatic heterocycles. The normalized spacial score (nSPS) is 28.9. The molecule has 0 saturated heterocycles. The van der Waals surface area contributed by atoms with E-state index in [9.17, 15) is 29.7 Å². The van der Waals surface area contributed by atoms with Gasteiger partial charge in [-0.3, -0.25) is 19.3 Å². The largest absolute Gasteiger partial charge is 0.508 e. The minimum absolute atomic E-state index is 0.0556. The second-order valence-corrected chi connectivity index (χ2v) is 11.1. The number of aromatic nitrogens is 1. The van der Waals surface area contributed by atoms with Gasteiger partial charge in [-0.05, 0) is 37.6 Å². The number of aliphatic hydroxyl groups is 3. The van der Waals surface area contributed by atoms with E-state index < -0.39 is 63.5 Å². The van der Waals surface area contributed by atoms with Crippen LogP contribution in [0, 0.1) is 11.8 Å². The number of hydrogen-bond acceptors (Lipinski definition) is 10. The van der Waals surface area contributed by atoms with Gasteiger partial charge in [0.05, 0.1) is 11.6 Å². The number of carbonyl (C=O) groups excluding carboxylic acids is 3. The number of nitrogens with two attached hydrogens (primary N) is 1. The lowest BCUT2D eigenvalue weighted by Crippen LogP contribution is -2.66. The number of oxazole rings is 1. The summed E-state index contributed by atoms with van der Waals surface area (Å²) in [5.41, 5.74) is 3.57. The summed E-state index contributed by atoms with van der Waals surface area (Å²) in [6.07, 6.45) is 1.30. The average molecular weight is 511 g/mol. The molecule has 3 aliphatic rings. The van der Waals surface area contributed by atoms with Crippen LogP contribution < -0.4 is 10.6 Å². The zero-order valence-corrected chi connectivity index (χ0v) is 21.5. The summed E-state index contributed by atoms with van der Waals surface area (Å²) in [6.45, 7) is 3.85. The van der Waals surface area contributed by atoms with E-state index in [1.54, 1.807) is 14.1 Å². The molecule has 11 nitrogen and oxygen atoms in total. The molecule has 1 aromatic carbocycles. The van der Waals surface area contributed by atoms with Crippen LogP contribution in [0.2, 0.25) is 0 Å². The van der Waals surface area contributed by atoms with E-state index >= 15 is 0 Å². The highest BCUT2D eigenvalue weighted by atomic mass is 16.4. The van der Waals surface area contributed by atoms with E-state index in [-0.39, 0.29) is 23.1 Å². The van der Waals surface area contributed by atoms with Crippen LogP contribution in [-0.4, -0.2) is 82.5 Å². The summed E-state index contributed by atoms with van der Waals surface area (Å²) in [5, 5.41) is 34.5. The van der Waals surface area contributed by atoms with Gasteiger partial charge in [-0.25, -0.2) is 4.98 Å². The number of amides is 1. The van der Waals surface area contributed by atoms with Gasteiger partial charge in [-0.15, -0.1) is 0 Å². The Morgan fingerprint density at radius 3 is 2.41 bits per heavy atom. The van der Waals surface area contributed by atoms with Crippen LogP contribution >= 0.6 is 0 Å². The number of nitrogens with zero attached hydrogens (tertiary/aromatic N) is 3. The van der Waals surface area contributed by atoms with Crippen LogP contribution in [0.1, 0.15) is 31.4 Å². The van der Waals surface area contributed by atoms with Crippen molar-refractivity contribution >= 4 is 40.0 Å². The Morgan fingerprint density at radius 2 is 1.84 bits per heavy atom. The predicted octanol–water partition coefficient (Wildman–Crippen LogP) is 1.20. The smallest absolute Gasteiger partial charge is 0.255 e. The first kappa shape index (κ1) is 25.0. The van der Waals surface area contributed by atoms with Gasteiger partial charge in [0.1, 0.15) is 22.6 Å². The lowest BCUT2D eigenvalue weighted by Gasteiger charge is -2.54. The molecule has 2 aromatic rings. The standard InChI is InChI=1S/C26H30N4O7/c1-25(2)10-7-11-18(30(5)6)20(32)16(24(27)35)23(34)26(11,36)22(33)14(10)19(31)15-17(25)13(29(3)4)8-12-21(15)37-9-28-12/h8-11,18,31,34,36H,7H2,1-6H3,(H2,27,35)/t10-,11-,18-,26-/m0/s1. The highest BCUT2D eigenvalue weighted by molar-refractivity contribution is 6.24. The lowest BCUT2D eigenvalue weighted by molar-refractivity contribution is -0.154. The van der Waals surface area contributed by atoms with Gasteiger partial charge in [0, 0.05) is 37.2 Å². The van der Waals surface area contributed by atoms with Crippen molar-refractivity contribution in [2.75, 3.05) is 33.1 Å². The number of aliphatic hydroxyl groups excluding tert-OH is 2. The first-order valence-corrected chi connectivity index (χ1v) is 11.9. The molecule has 1 fully saturated rings. The first-order chi connectivity index (χ1) is 17.2. The molecule has 1 amide bonds. The Balaban J connectivity index is 1.87. The second-order valence-electron chi connectivity index (χ2n) is 11.1. The van der Waals surface area contributed by atoms with E-state index in [4.69, 9.17) is 10.2 Å². The number of anilines is 1. The SMILES string of the molecule is CN(C)c1cc2ncoc2c2c1C(C)(C)[C@H]1C[C@H]3[C@H](N(C)C)C(=O)C(C(N)=O)=C(O)[C@@]3(O)C(=O)C1=C2O. The van der Waals surface area contributed by atoms with E-state index in [0.29, 0.717) is 5.52 Å². The molecular formula is C26H30N4O7. The molecule has 5 rings (SSSR count). The maximum atomic E-state index is 14.2. The second kappa shape index (κ2) is 7.65. The van der Waals surface area contributed by atoms with Gasteiger partial charge in [0.25, 0.3) is 5.91 Å². The number of rotatable bonds is 3. The van der Waals surface area contributed by atoms with Gasteiger partial charge in [0.2, 0.25) is 5.78 Å². The molecule has 3 aliphatic carbocycles. The van der Waals surface area contributed by atoms with Crippen LogP contribution in [0.4, 0.5) is 5.69 Å². The Labute approximate surface area is 212 Å². The molecule has 0 spiro atoms. The van der Waals surface area contributed by atoms with Crippen molar-refractivity contribution in [1.82, 2.24) is 9.88 Å². The van der Waals surface area contributed by atoms with Crippen molar-refractivity contribution in [2.45, 2.75) is 37.3 Å². The number of benzene rings is 1. The van der Waals surface area contributed by atoms with Gasteiger partial charge >= 0.3 is 0 Å². The zero-order valence-electron chi connectivity index (χ0n) is 21.5. The number of carbonyl (C=O) groups is 3. The van der Waals surface area contributed by atoms with Crippen molar-refractivity contribution in [3.63, 3.8) is 0 Å². The minimum atomic E-state index is -2.64. The third kappa shape index (κ3) is 2.95. The summed E-state index contributed by atoms with van der Waals surface area (Å²) < 4.78 is 5.62. The quantitative estimate of drug-likeness (QED) is 0.440. The highest BCUT2D eigenvalue weighted by Gasteiger charge is 2.66. The van der Waals surface area contributed by atoms with Crippen molar-refractivity contribution in [3.8, 4) is 0 Å². The van der Waals surface area contributed by atoms with Crippen molar-refractivity contribution < 1.29 is 34.1 Å². The Kier molecular flexibility index (Phi) is 5.17. The maximum Gasteiger partial charge on any atom is 0.255 e. The Hall–Kier alpha value is -3.70. The van der Waals surface area contributed by atoms with Gasteiger partial charge in [-0.1, -0.05) is 13.8 Å². The van der Waals surface area contributed by atoms with Crippen molar-refractivity contribution in [2.24, 2.45) is 17.6 Å². The number of ketones is 2. The molecule has 11 heteroatoms. The fraction of sp³-hybridized carbons (Fsp3) is 0.462. The number of hydrogen-bond donors (Lipinski definition) is 4. The molecule has 37 heavy (non-hydrogen) atoms. The third-order valence-electron chi connectivity index (χ3n) is 8.35. The summed E-state index contributed by atoms with van der Waals surface area (Å²) in [7, 11) is 6.89. The molecule has 1 saturated carbocycles. The Bertz CT molecular complexity index is 1460. The predicted molar refractivity (Wildman–Crippen MR) is 134 cm³/mol. The van der Waals surface area contributed by atoms with Crippen LogP contribution in [0.3, 0.4) is 0 Å². The Morgan fingerprint density at radius 1 is 1.19 bits per heavy atom. The number of Topliss-reactive ketones (excluding diaryl/α,β-unsaturated/α-hetero) is 2. The topological polar surface area (TPSA) is 170 Å². The van der Waals surface area contributed by atoms with Gasteiger partial charge in [0.15, 0.2) is 23.4 Å². The van der Waals surface area contributed by atoms with Crippen molar-refractivity contribution in [3.05, 3.63) is 40.5 Å². The first-order valence-electron chi connectivity index (χ1n) is 11.9. The fourth-order valence-electron chi connectivity index (χ4n) is 6.64. The maximum absolute atomic E-state index is 14.2. The van der Waals surface area contributed by atoms with E-state index in [0.717, 1.165) is 11.3 Å². The average Bonchev–Trinajstić information content (AvgIpc) is 3.26. The molecule has 0 bridgehead atoms. The van der Waals surface area contributed by atoms with E-state index in [1.165, 1.54) is 11.3 Å². The number of likely N-dealkylation sites (N-methyl/N-ethyl adjacent to an activating group) is 1. The monoisotopic (exact) mass is 510 g/mol. The summed E-state index contributed by atoms with van der Waals surface area (Å²) in [4.78, 5) is 47.2. The third-order valence-corrected chi connectivity index (χ3v) is 8.35.